The highest BCUT2D eigenvalue weighted by atomic mass is 32.2. The molecule has 2 amide bonds. The third kappa shape index (κ3) is 7.96. The molecule has 0 saturated carbocycles. The van der Waals surface area contributed by atoms with Crippen LogP contribution in [-0.4, -0.2) is 49.4 Å². The van der Waals surface area contributed by atoms with Crippen LogP contribution in [-0.2, 0) is 21.2 Å². The van der Waals surface area contributed by atoms with Crippen LogP contribution in [0.3, 0.4) is 0 Å². The summed E-state index contributed by atoms with van der Waals surface area (Å²) in [6.07, 6.45) is 4.21. The number of sulfonamides is 1. The van der Waals surface area contributed by atoms with E-state index in [2.05, 4.69) is 10.0 Å². The summed E-state index contributed by atoms with van der Waals surface area (Å²) in [6.45, 7) is 1.28. The quantitative estimate of drug-likeness (QED) is 0.210. The number of aromatic hydroxyl groups is 1. The van der Waals surface area contributed by atoms with E-state index in [0.29, 0.717) is 24.6 Å². The van der Waals surface area contributed by atoms with E-state index in [1.807, 2.05) is 18.2 Å². The van der Waals surface area contributed by atoms with E-state index in [4.69, 9.17) is 4.74 Å². The predicted molar refractivity (Wildman–Crippen MR) is 168 cm³/mol. The lowest BCUT2D eigenvalue weighted by Gasteiger charge is -2.27. The Morgan fingerprint density at radius 3 is 2.11 bits per heavy atom. The molecule has 0 spiro atoms. The maximum Gasteiger partial charge on any atom is 0.262 e. The Morgan fingerprint density at radius 2 is 1.43 bits per heavy atom. The molecule has 1 atom stereocenters. The molecule has 0 bridgehead atoms. The van der Waals surface area contributed by atoms with Gasteiger partial charge in [-0.25, -0.2) is 8.42 Å². The van der Waals surface area contributed by atoms with Gasteiger partial charge in [0.05, 0.1) is 10.6 Å². The number of amides is 2. The van der Waals surface area contributed by atoms with Crippen molar-refractivity contribution in [3.05, 3.63) is 114 Å². The van der Waals surface area contributed by atoms with E-state index < -0.39 is 22.0 Å². The predicted octanol–water partition coefficient (Wildman–Crippen LogP) is 5.73. The molecule has 1 aliphatic heterocycles. The molecule has 44 heavy (non-hydrogen) atoms. The molecule has 0 aliphatic carbocycles. The molecule has 3 N–H and O–H groups in total. The van der Waals surface area contributed by atoms with Gasteiger partial charge in [0.25, 0.3) is 15.9 Å². The number of nitrogens with one attached hydrogen (secondary N) is 2. The fourth-order valence-electron chi connectivity index (χ4n) is 5.07. The molecule has 228 valence electrons. The van der Waals surface area contributed by atoms with E-state index in [0.717, 1.165) is 31.2 Å². The van der Waals surface area contributed by atoms with Crippen molar-refractivity contribution < 1.29 is 27.9 Å². The molecule has 10 heteroatoms. The molecule has 1 fully saturated rings. The minimum atomic E-state index is -4.01. The summed E-state index contributed by atoms with van der Waals surface area (Å²) < 4.78 is 34.9. The van der Waals surface area contributed by atoms with Crippen LogP contribution in [0.1, 0.15) is 41.6 Å². The van der Waals surface area contributed by atoms with Crippen LogP contribution in [0.25, 0.3) is 0 Å². The zero-order valence-corrected chi connectivity index (χ0v) is 25.0. The van der Waals surface area contributed by atoms with E-state index in [-0.39, 0.29) is 34.2 Å². The van der Waals surface area contributed by atoms with Crippen molar-refractivity contribution in [2.75, 3.05) is 17.8 Å². The van der Waals surface area contributed by atoms with Crippen molar-refractivity contribution in [2.45, 2.75) is 43.0 Å². The van der Waals surface area contributed by atoms with Gasteiger partial charge in [0.1, 0.15) is 17.5 Å². The van der Waals surface area contributed by atoms with Crippen LogP contribution in [0.2, 0.25) is 0 Å². The Bertz CT molecular complexity index is 1670. The Labute approximate surface area is 257 Å². The van der Waals surface area contributed by atoms with Crippen LogP contribution in [0.5, 0.6) is 17.2 Å². The van der Waals surface area contributed by atoms with E-state index in [1.54, 1.807) is 65.6 Å². The lowest BCUT2D eigenvalue weighted by atomic mass is 10.0. The van der Waals surface area contributed by atoms with Crippen molar-refractivity contribution in [1.29, 1.82) is 0 Å². The first-order valence-corrected chi connectivity index (χ1v) is 16.1. The van der Waals surface area contributed by atoms with Gasteiger partial charge in [0, 0.05) is 25.1 Å². The second-order valence-corrected chi connectivity index (χ2v) is 12.4. The highest BCUT2D eigenvalue weighted by Gasteiger charge is 2.27. The Balaban J connectivity index is 1.30. The summed E-state index contributed by atoms with van der Waals surface area (Å²) in [5.41, 5.74) is 1.28. The van der Waals surface area contributed by atoms with E-state index in [1.165, 1.54) is 24.3 Å². The van der Waals surface area contributed by atoms with Crippen LogP contribution >= 0.6 is 0 Å². The molecule has 5 rings (SSSR count). The number of rotatable bonds is 10. The smallest absolute Gasteiger partial charge is 0.262 e. The van der Waals surface area contributed by atoms with Gasteiger partial charge in [-0.3, -0.25) is 14.3 Å². The highest BCUT2D eigenvalue weighted by Crippen LogP contribution is 2.31. The molecule has 4 aromatic carbocycles. The van der Waals surface area contributed by atoms with Crippen molar-refractivity contribution in [3.63, 3.8) is 0 Å². The summed E-state index contributed by atoms with van der Waals surface area (Å²) in [4.78, 5) is 28.6. The normalized spacial score (nSPS) is 14.2. The molecule has 0 unspecified atom stereocenters. The number of para-hydroxylation sites is 3. The van der Waals surface area contributed by atoms with Gasteiger partial charge in [-0.05, 0) is 79.1 Å². The van der Waals surface area contributed by atoms with Gasteiger partial charge in [-0.15, -0.1) is 0 Å². The molecule has 0 radical (unpaired) electrons. The minimum Gasteiger partial charge on any atom is -0.508 e. The van der Waals surface area contributed by atoms with Crippen LogP contribution in [0, 0.1) is 0 Å². The lowest BCUT2D eigenvalue weighted by molar-refractivity contribution is -0.133. The fraction of sp³-hybridized carbons (Fsp3) is 0.235. The van der Waals surface area contributed by atoms with Gasteiger partial charge < -0.3 is 20.1 Å². The summed E-state index contributed by atoms with van der Waals surface area (Å²) >= 11 is 0. The van der Waals surface area contributed by atoms with Crippen molar-refractivity contribution in [1.82, 2.24) is 10.2 Å². The number of phenolic OH excluding ortho intramolecular Hbond substituents is 1. The number of hydrogen-bond donors (Lipinski definition) is 3. The third-order valence-corrected chi connectivity index (χ3v) is 8.81. The van der Waals surface area contributed by atoms with Crippen molar-refractivity contribution in [2.24, 2.45) is 0 Å². The monoisotopic (exact) mass is 613 g/mol. The molecule has 4 aromatic rings. The maximum atomic E-state index is 13.6. The Morgan fingerprint density at radius 1 is 0.795 bits per heavy atom. The topological polar surface area (TPSA) is 125 Å². The van der Waals surface area contributed by atoms with Gasteiger partial charge in [0.2, 0.25) is 5.91 Å². The summed E-state index contributed by atoms with van der Waals surface area (Å²) in [7, 11) is -4.01. The molecular weight excluding hydrogens is 578 g/mol. The van der Waals surface area contributed by atoms with Crippen molar-refractivity contribution in [3.8, 4) is 17.2 Å². The highest BCUT2D eigenvalue weighted by molar-refractivity contribution is 7.92. The van der Waals surface area contributed by atoms with Crippen molar-refractivity contribution >= 4 is 27.5 Å². The average Bonchev–Trinajstić information content (AvgIpc) is 3.33. The Kier molecular flexibility index (Phi) is 9.81. The molecule has 9 nitrogen and oxygen atoms in total. The number of ether oxygens (including phenoxy) is 1. The largest absolute Gasteiger partial charge is 0.508 e. The van der Waals surface area contributed by atoms with Gasteiger partial charge in [-0.2, -0.15) is 0 Å². The van der Waals surface area contributed by atoms with E-state index in [9.17, 15) is 23.1 Å². The maximum absolute atomic E-state index is 13.6. The first kappa shape index (κ1) is 30.6. The molecule has 1 heterocycles. The van der Waals surface area contributed by atoms with E-state index >= 15 is 0 Å². The number of anilines is 1. The van der Waals surface area contributed by atoms with Gasteiger partial charge in [0.15, 0.2) is 5.75 Å². The minimum absolute atomic E-state index is 0.0372. The Hall–Kier alpha value is -4.83. The second kappa shape index (κ2) is 14.1. The lowest BCUT2D eigenvalue weighted by Crippen LogP contribution is -2.50. The first-order valence-electron chi connectivity index (χ1n) is 14.6. The molecule has 1 saturated heterocycles. The number of carbonyl (C=O) groups is 2. The average molecular weight is 614 g/mol. The number of benzene rings is 4. The number of hydrogen-bond acceptors (Lipinski definition) is 6. The van der Waals surface area contributed by atoms with Gasteiger partial charge in [-0.1, -0.05) is 55.3 Å². The standard InChI is InChI=1S/C34H35N3O6S/c38-27-18-14-25(15-19-27)24-31(34(40)37-22-8-1-2-9-23-37)35-33(39)26-16-20-29(21-17-26)44(41,42)36-30-12-6-7-13-32(30)43-28-10-4-3-5-11-28/h3-7,10-21,31,36,38H,1-2,8-9,22-24H2,(H,35,39)/t31-/m0/s1. The van der Waals surface area contributed by atoms with Crippen LogP contribution < -0.4 is 14.8 Å². The molecule has 0 aromatic heterocycles. The molecule has 1 aliphatic rings. The summed E-state index contributed by atoms with van der Waals surface area (Å²) in [5, 5.41) is 12.5. The zero-order chi connectivity index (χ0) is 30.9. The zero-order valence-electron chi connectivity index (χ0n) is 24.2. The number of nitrogens with zero attached hydrogens (tertiary/aromatic N) is 1. The summed E-state index contributed by atoms with van der Waals surface area (Å²) in [6, 6.07) is 27.0. The number of carbonyl (C=O) groups excluding carboxylic acids is 2. The van der Waals surface area contributed by atoms with Gasteiger partial charge >= 0.3 is 0 Å². The first-order chi connectivity index (χ1) is 21.3. The SMILES string of the molecule is O=C(N[C@@H](Cc1ccc(O)cc1)C(=O)N1CCCCCC1)c1ccc(S(=O)(=O)Nc2ccccc2Oc2ccccc2)cc1. The fourth-order valence-corrected chi connectivity index (χ4v) is 6.14. The number of likely N-dealkylation sites (tertiary alicyclic amines) is 1. The van der Waals surface area contributed by atoms with Crippen LogP contribution in [0.4, 0.5) is 5.69 Å². The van der Waals surface area contributed by atoms with Crippen LogP contribution in [0.15, 0.2) is 108 Å². The summed E-state index contributed by atoms with van der Waals surface area (Å²) in [5.74, 6) is 0.369. The number of phenols is 1. The second-order valence-electron chi connectivity index (χ2n) is 10.7. The third-order valence-electron chi connectivity index (χ3n) is 7.43. The molecular formula is C34H35N3O6S.